The summed E-state index contributed by atoms with van der Waals surface area (Å²) in [4.78, 5) is 4.21. The minimum atomic E-state index is 0.360. The number of hydrogen-bond donors (Lipinski definition) is 0. The van der Waals surface area contributed by atoms with Crippen molar-refractivity contribution in [1.82, 2.24) is 9.13 Å². The molecule has 0 N–H and O–H groups in total. The maximum Gasteiger partial charge on any atom is 0.214 e. The quantitative estimate of drug-likeness (QED) is 0.171. The van der Waals surface area contributed by atoms with Gasteiger partial charge in [0.15, 0.2) is 0 Å². The Balaban J connectivity index is 1.33. The van der Waals surface area contributed by atoms with Crippen LogP contribution in [0, 0.1) is 17.9 Å². The SMILES string of the molecule is [C-]#[N+]c1cc(C#N)c(-c2ccccc2)c(-n2c3ccccc3c3cc4c(cc32)oc2ccccc24)c1-n1c2ccccc2c2cc3c(cc21)oc1ccccc13. The van der Waals surface area contributed by atoms with Gasteiger partial charge in [-0.25, -0.2) is 4.85 Å². The second-order valence-corrected chi connectivity index (χ2v) is 14.2. The molecular formula is C50H26N4O2. The Morgan fingerprint density at radius 3 is 1.46 bits per heavy atom. The highest BCUT2D eigenvalue weighted by atomic mass is 16.3. The van der Waals surface area contributed by atoms with Gasteiger partial charge in [0.1, 0.15) is 22.3 Å². The van der Waals surface area contributed by atoms with Crippen LogP contribution in [0.25, 0.3) is 115 Å². The molecular weight excluding hydrogens is 689 g/mol. The maximum atomic E-state index is 10.9. The fourth-order valence-corrected chi connectivity index (χ4v) is 9.01. The Bertz CT molecular complexity index is 3730. The molecule has 0 aliphatic heterocycles. The second-order valence-electron chi connectivity index (χ2n) is 14.2. The van der Waals surface area contributed by atoms with E-state index >= 15 is 0 Å². The molecule has 0 atom stereocenters. The molecule has 0 bridgehead atoms. The van der Waals surface area contributed by atoms with E-state index in [0.717, 1.165) is 104 Å². The molecule has 0 aliphatic carbocycles. The fourth-order valence-electron chi connectivity index (χ4n) is 9.01. The average Bonchev–Trinajstić information content (AvgIpc) is 3.98. The molecule has 12 aromatic rings. The van der Waals surface area contributed by atoms with Crippen molar-refractivity contribution in [2.75, 3.05) is 0 Å². The molecule has 0 saturated heterocycles. The summed E-state index contributed by atoms with van der Waals surface area (Å²) >= 11 is 0. The van der Waals surface area contributed by atoms with Crippen LogP contribution in [0.2, 0.25) is 0 Å². The van der Waals surface area contributed by atoms with Gasteiger partial charge in [-0.2, -0.15) is 5.26 Å². The number of aromatic nitrogens is 2. The largest absolute Gasteiger partial charge is 0.456 e. The van der Waals surface area contributed by atoms with Crippen LogP contribution in [0.4, 0.5) is 5.69 Å². The molecule has 56 heavy (non-hydrogen) atoms. The van der Waals surface area contributed by atoms with Gasteiger partial charge in [0.25, 0.3) is 0 Å². The van der Waals surface area contributed by atoms with Crippen molar-refractivity contribution < 1.29 is 8.83 Å². The van der Waals surface area contributed by atoms with Crippen LogP contribution < -0.4 is 0 Å². The third-order valence-electron chi connectivity index (χ3n) is 11.3. The van der Waals surface area contributed by atoms with Gasteiger partial charge in [-0.05, 0) is 48.0 Å². The molecule has 0 amide bonds. The van der Waals surface area contributed by atoms with E-state index in [1.807, 2.05) is 78.9 Å². The van der Waals surface area contributed by atoms with Gasteiger partial charge < -0.3 is 18.0 Å². The van der Waals surface area contributed by atoms with E-state index in [-0.39, 0.29) is 0 Å². The Labute approximate surface area is 318 Å². The van der Waals surface area contributed by atoms with E-state index in [1.165, 1.54) is 0 Å². The molecule has 0 radical (unpaired) electrons. The van der Waals surface area contributed by atoms with Crippen molar-refractivity contribution in [3.63, 3.8) is 0 Å². The zero-order valence-corrected chi connectivity index (χ0v) is 29.6. The summed E-state index contributed by atoms with van der Waals surface area (Å²) < 4.78 is 17.4. The summed E-state index contributed by atoms with van der Waals surface area (Å²) in [5.74, 6) is 0. The molecule has 0 aliphatic rings. The minimum Gasteiger partial charge on any atom is -0.456 e. The smallest absolute Gasteiger partial charge is 0.214 e. The summed E-state index contributed by atoms with van der Waals surface area (Å²) in [7, 11) is 0. The average molecular weight is 715 g/mol. The molecule has 6 nitrogen and oxygen atoms in total. The summed E-state index contributed by atoms with van der Waals surface area (Å²) in [5.41, 5.74) is 10.6. The summed E-state index contributed by atoms with van der Waals surface area (Å²) in [6.45, 7) is 8.73. The van der Waals surface area contributed by atoms with Gasteiger partial charge in [-0.3, -0.25) is 0 Å². The highest BCUT2D eigenvalue weighted by Gasteiger charge is 2.28. The molecule has 8 aromatic carbocycles. The van der Waals surface area contributed by atoms with E-state index < -0.39 is 0 Å². The molecule has 0 saturated carbocycles. The van der Waals surface area contributed by atoms with E-state index in [2.05, 4.69) is 92.8 Å². The number of rotatable bonds is 3. The highest BCUT2D eigenvalue weighted by molar-refractivity contribution is 6.20. The topological polar surface area (TPSA) is 64.3 Å². The molecule has 4 heterocycles. The fraction of sp³-hybridized carbons (Fsp3) is 0. The zero-order valence-electron chi connectivity index (χ0n) is 29.6. The number of para-hydroxylation sites is 4. The highest BCUT2D eigenvalue weighted by Crippen LogP contribution is 2.48. The molecule has 6 heteroatoms. The van der Waals surface area contributed by atoms with Gasteiger partial charge in [0.05, 0.1) is 51.6 Å². The van der Waals surface area contributed by atoms with Crippen LogP contribution in [0.15, 0.2) is 167 Å². The first-order chi connectivity index (χ1) is 27.7. The number of furan rings is 2. The summed E-state index contributed by atoms with van der Waals surface area (Å²) in [6.07, 6.45) is 0. The predicted octanol–water partition coefficient (Wildman–Crippen LogP) is 13.8. The Kier molecular flexibility index (Phi) is 6.10. The standard InChI is InChI=1S/C50H26N4O2/c1-52-39-23-30(28-51)48(29-13-3-2-4-14-29)50(54-41-20-10-6-16-32(41)36-25-38-34-18-8-12-22-45(34)56-47(38)27-43(36)54)49(39)53-40-19-9-5-15-31(40)35-24-37-33-17-7-11-21-44(33)55-46(37)26-42(35)53/h2-27H. The number of nitrogens with zero attached hydrogens (tertiary/aromatic N) is 4. The third-order valence-corrected chi connectivity index (χ3v) is 11.3. The first-order valence-electron chi connectivity index (χ1n) is 18.4. The molecule has 0 fully saturated rings. The van der Waals surface area contributed by atoms with Gasteiger partial charge in [-0.1, -0.05) is 103 Å². The number of fused-ring (bicyclic) bond motifs is 12. The van der Waals surface area contributed by atoms with E-state index in [0.29, 0.717) is 16.9 Å². The van der Waals surface area contributed by atoms with Crippen molar-refractivity contribution >= 4 is 93.2 Å². The molecule has 12 rings (SSSR count). The van der Waals surface area contributed by atoms with Crippen LogP contribution in [-0.4, -0.2) is 9.13 Å². The zero-order chi connectivity index (χ0) is 37.1. The summed E-state index contributed by atoms with van der Waals surface area (Å²) in [6, 6.07) is 55.9. The van der Waals surface area contributed by atoms with E-state index in [4.69, 9.17) is 15.4 Å². The van der Waals surface area contributed by atoms with Gasteiger partial charge in [0, 0.05) is 60.8 Å². The summed E-state index contributed by atoms with van der Waals surface area (Å²) in [5, 5.41) is 19.3. The van der Waals surface area contributed by atoms with Crippen LogP contribution >= 0.6 is 0 Å². The Morgan fingerprint density at radius 2 is 0.929 bits per heavy atom. The molecule has 4 aromatic heterocycles. The van der Waals surface area contributed by atoms with Crippen molar-refractivity contribution in [2.24, 2.45) is 0 Å². The minimum absolute atomic E-state index is 0.360. The van der Waals surface area contributed by atoms with Crippen molar-refractivity contribution in [2.45, 2.75) is 0 Å². The lowest BCUT2D eigenvalue weighted by molar-refractivity contribution is 0.669. The van der Waals surface area contributed by atoms with E-state index in [9.17, 15) is 5.26 Å². The van der Waals surface area contributed by atoms with Crippen LogP contribution in [0.1, 0.15) is 5.56 Å². The normalized spacial score (nSPS) is 11.9. The monoisotopic (exact) mass is 714 g/mol. The Morgan fingerprint density at radius 1 is 0.446 bits per heavy atom. The lowest BCUT2D eigenvalue weighted by atomic mass is 9.95. The van der Waals surface area contributed by atoms with Crippen molar-refractivity contribution in [3.05, 3.63) is 175 Å². The van der Waals surface area contributed by atoms with E-state index in [1.54, 1.807) is 6.07 Å². The van der Waals surface area contributed by atoms with Crippen LogP contribution in [0.3, 0.4) is 0 Å². The maximum absolute atomic E-state index is 10.9. The lowest BCUT2D eigenvalue weighted by Crippen LogP contribution is -2.07. The number of nitriles is 1. The van der Waals surface area contributed by atoms with Gasteiger partial charge in [-0.15, -0.1) is 0 Å². The third kappa shape index (κ3) is 4.02. The second kappa shape index (κ2) is 11.2. The number of hydrogen-bond acceptors (Lipinski definition) is 3. The van der Waals surface area contributed by atoms with Gasteiger partial charge in [0.2, 0.25) is 5.69 Å². The van der Waals surface area contributed by atoms with Crippen molar-refractivity contribution in [1.29, 1.82) is 5.26 Å². The van der Waals surface area contributed by atoms with Gasteiger partial charge >= 0.3 is 0 Å². The number of benzene rings is 8. The molecule has 0 unspecified atom stereocenters. The predicted molar refractivity (Wildman–Crippen MR) is 226 cm³/mol. The molecule has 258 valence electrons. The van der Waals surface area contributed by atoms with Crippen LogP contribution in [0.5, 0.6) is 0 Å². The first kappa shape index (κ1) is 30.4. The lowest BCUT2D eigenvalue weighted by Gasteiger charge is -2.23. The Hall–Kier alpha value is -8.06. The first-order valence-corrected chi connectivity index (χ1v) is 18.4. The van der Waals surface area contributed by atoms with Crippen LogP contribution in [-0.2, 0) is 0 Å². The molecule has 0 spiro atoms. The van der Waals surface area contributed by atoms with Crippen molar-refractivity contribution in [3.8, 4) is 28.6 Å².